The second-order valence-electron chi connectivity index (χ2n) is 6.65. The molecule has 1 heterocycles. The summed E-state index contributed by atoms with van der Waals surface area (Å²) in [5, 5.41) is 15.1. The number of rotatable bonds is 4. The van der Waals surface area contributed by atoms with Gasteiger partial charge in [0.2, 0.25) is 0 Å². The van der Waals surface area contributed by atoms with Gasteiger partial charge in [0.15, 0.2) is 5.75 Å². The van der Waals surface area contributed by atoms with Crippen molar-refractivity contribution in [3.05, 3.63) is 69.3 Å². The molecule has 0 radical (unpaired) electrons. The van der Waals surface area contributed by atoms with Crippen molar-refractivity contribution in [1.82, 2.24) is 9.78 Å². The van der Waals surface area contributed by atoms with Crippen molar-refractivity contribution in [2.45, 2.75) is 33.6 Å². The average Bonchev–Trinajstić information content (AvgIpc) is 2.66. The Morgan fingerprint density at radius 1 is 1.07 bits per heavy atom. The van der Waals surface area contributed by atoms with Crippen LogP contribution in [0.25, 0.3) is 22.4 Å². The van der Waals surface area contributed by atoms with Crippen molar-refractivity contribution >= 4 is 0 Å². The van der Waals surface area contributed by atoms with Gasteiger partial charge in [-0.05, 0) is 48.6 Å². The summed E-state index contributed by atoms with van der Waals surface area (Å²) in [7, 11) is 1.51. The fourth-order valence-corrected chi connectivity index (χ4v) is 3.50. The number of hydrogen-bond acceptors (Lipinski definition) is 3. The lowest BCUT2D eigenvalue weighted by atomic mass is 9.89. The standard InChI is InChI=1S/C22H23FN2O2/c1-5-14-11-13(3)12-15(6-2)18(14)19-21(26)20(24-25(4)22(19)27)16-9-7-8-10-17(16)23/h7-12,26H,5-6H2,1-4H3. The van der Waals surface area contributed by atoms with Crippen molar-refractivity contribution in [1.29, 1.82) is 0 Å². The van der Waals surface area contributed by atoms with Gasteiger partial charge in [0.05, 0.1) is 5.56 Å². The molecule has 140 valence electrons. The van der Waals surface area contributed by atoms with Crippen LogP contribution in [0.15, 0.2) is 41.2 Å². The van der Waals surface area contributed by atoms with Crippen molar-refractivity contribution in [3.63, 3.8) is 0 Å². The van der Waals surface area contributed by atoms with Gasteiger partial charge in [-0.3, -0.25) is 4.79 Å². The van der Waals surface area contributed by atoms with E-state index in [1.165, 1.54) is 13.1 Å². The van der Waals surface area contributed by atoms with Crippen molar-refractivity contribution in [3.8, 4) is 28.1 Å². The van der Waals surface area contributed by atoms with Gasteiger partial charge in [-0.15, -0.1) is 0 Å². The largest absolute Gasteiger partial charge is 0.505 e. The fraction of sp³-hybridized carbons (Fsp3) is 0.273. The summed E-state index contributed by atoms with van der Waals surface area (Å²) in [6.45, 7) is 6.04. The van der Waals surface area contributed by atoms with E-state index in [2.05, 4.69) is 5.10 Å². The Hall–Kier alpha value is -2.95. The number of nitrogens with zero attached hydrogens (tertiary/aromatic N) is 2. The van der Waals surface area contributed by atoms with Gasteiger partial charge in [-0.2, -0.15) is 5.10 Å². The van der Waals surface area contributed by atoms with Crippen LogP contribution in [-0.4, -0.2) is 14.9 Å². The second-order valence-corrected chi connectivity index (χ2v) is 6.65. The molecule has 0 aliphatic heterocycles. The molecule has 0 spiro atoms. The van der Waals surface area contributed by atoms with Gasteiger partial charge in [-0.1, -0.05) is 43.7 Å². The lowest BCUT2D eigenvalue weighted by Gasteiger charge is -2.18. The van der Waals surface area contributed by atoms with Crippen molar-refractivity contribution < 1.29 is 9.50 Å². The molecule has 0 saturated heterocycles. The smallest absolute Gasteiger partial charge is 0.278 e. The number of benzene rings is 2. The number of aromatic nitrogens is 2. The summed E-state index contributed by atoms with van der Waals surface area (Å²) in [4.78, 5) is 12.9. The van der Waals surface area contributed by atoms with E-state index in [1.807, 2.05) is 32.9 Å². The molecule has 3 rings (SSSR count). The molecule has 1 aromatic heterocycles. The van der Waals surface area contributed by atoms with Gasteiger partial charge in [-0.25, -0.2) is 9.07 Å². The van der Waals surface area contributed by atoms with Gasteiger partial charge in [0.1, 0.15) is 11.5 Å². The Balaban J connectivity index is 2.43. The van der Waals surface area contributed by atoms with Crippen LogP contribution >= 0.6 is 0 Å². The molecule has 0 amide bonds. The topological polar surface area (TPSA) is 55.1 Å². The van der Waals surface area contributed by atoms with Gasteiger partial charge in [0.25, 0.3) is 5.56 Å². The molecule has 0 fully saturated rings. The summed E-state index contributed by atoms with van der Waals surface area (Å²) >= 11 is 0. The van der Waals surface area contributed by atoms with Gasteiger partial charge < -0.3 is 5.11 Å². The Labute approximate surface area is 157 Å². The summed E-state index contributed by atoms with van der Waals surface area (Å²) in [5.74, 6) is -0.781. The highest BCUT2D eigenvalue weighted by Crippen LogP contribution is 2.38. The normalized spacial score (nSPS) is 11.0. The van der Waals surface area contributed by atoms with E-state index in [4.69, 9.17) is 0 Å². The monoisotopic (exact) mass is 366 g/mol. The molecule has 0 saturated carbocycles. The molecule has 5 heteroatoms. The molecular weight excluding hydrogens is 343 g/mol. The molecule has 0 bridgehead atoms. The zero-order chi connectivity index (χ0) is 19.7. The Morgan fingerprint density at radius 2 is 1.67 bits per heavy atom. The molecule has 0 atom stereocenters. The van der Waals surface area contributed by atoms with E-state index in [0.29, 0.717) is 12.8 Å². The zero-order valence-corrected chi connectivity index (χ0v) is 16.0. The minimum atomic E-state index is -0.500. The molecule has 1 N–H and O–H groups in total. The minimum absolute atomic E-state index is 0.0647. The average molecular weight is 366 g/mol. The Bertz CT molecular complexity index is 1050. The maximum Gasteiger partial charge on any atom is 0.278 e. The van der Waals surface area contributed by atoms with Crippen molar-refractivity contribution in [2.75, 3.05) is 0 Å². The quantitative estimate of drug-likeness (QED) is 0.745. The number of aryl methyl sites for hydroxylation is 4. The van der Waals surface area contributed by atoms with E-state index in [0.717, 1.165) is 26.9 Å². The van der Waals surface area contributed by atoms with Crippen LogP contribution in [0.2, 0.25) is 0 Å². The highest BCUT2D eigenvalue weighted by atomic mass is 19.1. The maximum absolute atomic E-state index is 14.3. The van der Waals surface area contributed by atoms with E-state index in [1.54, 1.807) is 18.2 Å². The molecular formula is C22H23FN2O2. The van der Waals surface area contributed by atoms with E-state index >= 15 is 0 Å². The van der Waals surface area contributed by atoms with Crippen LogP contribution in [0.3, 0.4) is 0 Å². The van der Waals surface area contributed by atoms with Crippen LogP contribution in [0, 0.1) is 12.7 Å². The van der Waals surface area contributed by atoms with Crippen LogP contribution in [-0.2, 0) is 19.9 Å². The van der Waals surface area contributed by atoms with Crippen molar-refractivity contribution in [2.24, 2.45) is 7.05 Å². The Kier molecular flexibility index (Phi) is 5.13. The van der Waals surface area contributed by atoms with E-state index in [-0.39, 0.29) is 22.6 Å². The highest BCUT2D eigenvalue weighted by molar-refractivity contribution is 5.82. The molecule has 27 heavy (non-hydrogen) atoms. The number of hydrogen-bond donors (Lipinski definition) is 1. The predicted molar refractivity (Wildman–Crippen MR) is 105 cm³/mol. The molecule has 0 unspecified atom stereocenters. The first-order chi connectivity index (χ1) is 12.9. The summed E-state index contributed by atoms with van der Waals surface area (Å²) in [6.07, 6.45) is 1.42. The van der Waals surface area contributed by atoms with Gasteiger partial charge in [0, 0.05) is 12.6 Å². The molecule has 0 aliphatic rings. The molecule has 0 aliphatic carbocycles. The lowest BCUT2D eigenvalue weighted by molar-refractivity contribution is 0.469. The molecule has 3 aromatic rings. The van der Waals surface area contributed by atoms with Crippen LogP contribution in [0.4, 0.5) is 4.39 Å². The first-order valence-electron chi connectivity index (χ1n) is 9.06. The zero-order valence-electron chi connectivity index (χ0n) is 16.0. The Morgan fingerprint density at radius 3 is 2.22 bits per heavy atom. The third-order valence-electron chi connectivity index (χ3n) is 4.81. The summed E-state index contributed by atoms with van der Waals surface area (Å²) < 4.78 is 15.5. The first-order valence-corrected chi connectivity index (χ1v) is 9.06. The summed E-state index contributed by atoms with van der Waals surface area (Å²) in [6, 6.07) is 10.1. The summed E-state index contributed by atoms with van der Waals surface area (Å²) in [5.41, 5.74) is 3.79. The second kappa shape index (κ2) is 7.35. The van der Waals surface area contributed by atoms with Gasteiger partial charge >= 0.3 is 0 Å². The van der Waals surface area contributed by atoms with E-state index in [9.17, 15) is 14.3 Å². The van der Waals surface area contributed by atoms with Crippen LogP contribution < -0.4 is 5.56 Å². The molecule has 4 nitrogen and oxygen atoms in total. The molecule has 2 aromatic carbocycles. The van der Waals surface area contributed by atoms with Crippen LogP contribution in [0.1, 0.15) is 30.5 Å². The van der Waals surface area contributed by atoms with Crippen LogP contribution in [0.5, 0.6) is 5.75 Å². The number of aromatic hydroxyl groups is 1. The predicted octanol–water partition coefficient (Wildman–Crippen LogP) is 4.39. The highest BCUT2D eigenvalue weighted by Gasteiger charge is 2.23. The first kappa shape index (κ1) is 18.8. The third-order valence-corrected chi connectivity index (χ3v) is 4.81. The van der Waals surface area contributed by atoms with E-state index < -0.39 is 11.4 Å². The lowest BCUT2D eigenvalue weighted by Crippen LogP contribution is -2.23. The third kappa shape index (κ3) is 3.25. The minimum Gasteiger partial charge on any atom is -0.505 e. The fourth-order valence-electron chi connectivity index (χ4n) is 3.50. The number of halogens is 1. The SMILES string of the molecule is CCc1cc(C)cc(CC)c1-c1c(O)c(-c2ccccc2F)nn(C)c1=O. The maximum atomic E-state index is 14.3.